The molecular formula is C11H19N3O. The summed E-state index contributed by atoms with van der Waals surface area (Å²) >= 11 is 0. The Morgan fingerprint density at radius 1 is 1.33 bits per heavy atom. The molecule has 0 fully saturated rings. The fraction of sp³-hybridized carbons (Fsp3) is 0.636. The van der Waals surface area contributed by atoms with E-state index < -0.39 is 0 Å². The molecule has 0 amide bonds. The van der Waals surface area contributed by atoms with E-state index in [4.69, 9.17) is 4.74 Å². The van der Waals surface area contributed by atoms with Crippen LogP contribution in [0.25, 0.3) is 0 Å². The molecule has 0 atom stereocenters. The maximum absolute atomic E-state index is 5.69. The van der Waals surface area contributed by atoms with Crippen LogP contribution in [0.2, 0.25) is 0 Å². The summed E-state index contributed by atoms with van der Waals surface area (Å²) in [4.78, 5) is 8.44. The quantitative estimate of drug-likeness (QED) is 0.802. The molecule has 4 heteroatoms. The van der Waals surface area contributed by atoms with Crippen molar-refractivity contribution in [1.29, 1.82) is 0 Å². The fourth-order valence-corrected chi connectivity index (χ4v) is 1.02. The van der Waals surface area contributed by atoms with Crippen LogP contribution in [0.5, 0.6) is 5.88 Å². The summed E-state index contributed by atoms with van der Waals surface area (Å²) in [5.41, 5.74) is 0.735. The van der Waals surface area contributed by atoms with Crippen LogP contribution < -0.4 is 10.1 Å². The van der Waals surface area contributed by atoms with E-state index in [1.54, 1.807) is 12.4 Å². The van der Waals surface area contributed by atoms with Crippen molar-refractivity contribution in [3.8, 4) is 5.88 Å². The Hall–Kier alpha value is -1.16. The van der Waals surface area contributed by atoms with Crippen LogP contribution >= 0.6 is 0 Å². The van der Waals surface area contributed by atoms with E-state index in [0.29, 0.717) is 5.88 Å². The van der Waals surface area contributed by atoms with Crippen LogP contribution in [-0.4, -0.2) is 22.6 Å². The first-order valence-corrected chi connectivity index (χ1v) is 5.22. The zero-order valence-corrected chi connectivity index (χ0v) is 9.87. The Balaban J connectivity index is 2.64. The van der Waals surface area contributed by atoms with Gasteiger partial charge in [-0.3, -0.25) is 4.98 Å². The topological polar surface area (TPSA) is 47.0 Å². The fourth-order valence-electron chi connectivity index (χ4n) is 1.02. The number of nitrogens with zero attached hydrogens (tertiary/aromatic N) is 2. The zero-order valence-electron chi connectivity index (χ0n) is 9.87. The minimum absolute atomic E-state index is 0.181. The van der Waals surface area contributed by atoms with Crippen LogP contribution in [0.1, 0.15) is 32.9 Å². The summed E-state index contributed by atoms with van der Waals surface area (Å²) < 4.78 is 5.69. The van der Waals surface area contributed by atoms with Gasteiger partial charge in [-0.1, -0.05) is 6.92 Å². The first-order chi connectivity index (χ1) is 7.07. The number of hydrogen-bond donors (Lipinski definition) is 1. The Morgan fingerprint density at radius 3 is 2.53 bits per heavy atom. The third kappa shape index (κ3) is 3.83. The van der Waals surface area contributed by atoms with Crippen molar-refractivity contribution in [3.05, 3.63) is 18.1 Å². The Morgan fingerprint density at radius 2 is 2.07 bits per heavy atom. The summed E-state index contributed by atoms with van der Waals surface area (Å²) in [6.07, 6.45) is 4.34. The highest BCUT2D eigenvalue weighted by Gasteiger charge is 2.17. The Labute approximate surface area is 91.1 Å². The Bertz CT molecular complexity index is 295. The van der Waals surface area contributed by atoms with E-state index in [1.807, 2.05) is 20.9 Å². The second kappa shape index (κ2) is 5.07. The molecule has 1 aromatic heterocycles. The number of rotatable bonds is 5. The molecule has 0 bridgehead atoms. The van der Waals surface area contributed by atoms with Gasteiger partial charge in [0.15, 0.2) is 0 Å². The molecule has 1 N–H and O–H groups in total. The highest BCUT2D eigenvalue weighted by atomic mass is 16.5. The summed E-state index contributed by atoms with van der Waals surface area (Å²) in [5.74, 6) is 0.585. The molecule has 0 aliphatic rings. The molecule has 0 saturated carbocycles. The lowest BCUT2D eigenvalue weighted by Gasteiger charge is -2.23. The van der Waals surface area contributed by atoms with Gasteiger partial charge in [-0.25, -0.2) is 4.98 Å². The zero-order chi connectivity index (χ0) is 11.3. The highest BCUT2D eigenvalue weighted by Crippen LogP contribution is 2.17. The average molecular weight is 209 g/mol. The summed E-state index contributed by atoms with van der Waals surface area (Å²) in [5, 5.41) is 3.02. The van der Waals surface area contributed by atoms with Gasteiger partial charge >= 0.3 is 0 Å². The molecule has 0 aliphatic heterocycles. The van der Waals surface area contributed by atoms with Gasteiger partial charge in [0, 0.05) is 6.54 Å². The summed E-state index contributed by atoms with van der Waals surface area (Å²) in [7, 11) is 1.88. The van der Waals surface area contributed by atoms with Crippen LogP contribution in [0.4, 0.5) is 0 Å². The van der Waals surface area contributed by atoms with Crippen LogP contribution in [0, 0.1) is 0 Å². The summed E-state index contributed by atoms with van der Waals surface area (Å²) in [6.45, 7) is 6.89. The molecular weight excluding hydrogens is 190 g/mol. The molecule has 0 aliphatic carbocycles. The first-order valence-electron chi connectivity index (χ1n) is 5.22. The molecule has 0 aromatic carbocycles. The number of ether oxygens (including phenoxy) is 1. The molecule has 0 spiro atoms. The van der Waals surface area contributed by atoms with Gasteiger partial charge in [-0.05, 0) is 27.3 Å². The molecule has 0 unspecified atom stereocenters. The van der Waals surface area contributed by atoms with E-state index in [1.165, 1.54) is 0 Å². The maximum atomic E-state index is 5.69. The van der Waals surface area contributed by atoms with Gasteiger partial charge in [0.05, 0.1) is 18.1 Å². The average Bonchev–Trinajstić information content (AvgIpc) is 2.21. The van der Waals surface area contributed by atoms with Crippen LogP contribution in [0.15, 0.2) is 12.4 Å². The van der Waals surface area contributed by atoms with Crippen molar-refractivity contribution >= 4 is 0 Å². The van der Waals surface area contributed by atoms with Crippen molar-refractivity contribution in [2.75, 3.05) is 7.05 Å². The molecule has 84 valence electrons. The van der Waals surface area contributed by atoms with Gasteiger partial charge in [0.1, 0.15) is 5.60 Å². The number of nitrogens with one attached hydrogen (secondary N) is 1. The third-order valence-electron chi connectivity index (χ3n) is 2.27. The highest BCUT2D eigenvalue weighted by molar-refractivity contribution is 5.08. The van der Waals surface area contributed by atoms with E-state index in [-0.39, 0.29) is 5.60 Å². The molecule has 4 nitrogen and oxygen atoms in total. The summed E-state index contributed by atoms with van der Waals surface area (Å²) in [6, 6.07) is 0. The van der Waals surface area contributed by atoms with Crippen molar-refractivity contribution in [2.24, 2.45) is 0 Å². The number of hydrogen-bond acceptors (Lipinski definition) is 4. The van der Waals surface area contributed by atoms with Crippen molar-refractivity contribution < 1.29 is 4.74 Å². The van der Waals surface area contributed by atoms with E-state index in [2.05, 4.69) is 22.2 Å². The van der Waals surface area contributed by atoms with E-state index in [0.717, 1.165) is 18.7 Å². The van der Waals surface area contributed by atoms with Gasteiger partial charge in [-0.15, -0.1) is 0 Å². The third-order valence-corrected chi connectivity index (χ3v) is 2.27. The maximum Gasteiger partial charge on any atom is 0.232 e. The van der Waals surface area contributed by atoms with E-state index in [9.17, 15) is 0 Å². The van der Waals surface area contributed by atoms with Gasteiger partial charge in [0.2, 0.25) is 5.88 Å². The van der Waals surface area contributed by atoms with Crippen molar-refractivity contribution in [3.63, 3.8) is 0 Å². The lowest BCUT2D eigenvalue weighted by molar-refractivity contribution is 0.0983. The minimum atomic E-state index is -0.181. The van der Waals surface area contributed by atoms with Gasteiger partial charge < -0.3 is 10.1 Å². The second-order valence-corrected chi connectivity index (χ2v) is 4.09. The lowest BCUT2D eigenvalue weighted by Crippen LogP contribution is -2.27. The lowest BCUT2D eigenvalue weighted by atomic mass is 10.1. The standard InChI is InChI=1S/C11H19N3O/c1-5-11(2,3)15-10-8-13-9(6-12-4)7-14-10/h7-8,12H,5-6H2,1-4H3. The van der Waals surface area contributed by atoms with Crippen LogP contribution in [0.3, 0.4) is 0 Å². The minimum Gasteiger partial charge on any atom is -0.471 e. The largest absolute Gasteiger partial charge is 0.471 e. The SMILES string of the molecule is CCC(C)(C)Oc1cnc(CNC)cn1. The van der Waals surface area contributed by atoms with Crippen LogP contribution in [-0.2, 0) is 6.54 Å². The molecule has 1 heterocycles. The van der Waals surface area contributed by atoms with Gasteiger partial charge in [0.25, 0.3) is 0 Å². The molecule has 0 radical (unpaired) electrons. The van der Waals surface area contributed by atoms with Crippen molar-refractivity contribution in [2.45, 2.75) is 39.3 Å². The predicted molar refractivity (Wildman–Crippen MR) is 59.8 cm³/mol. The Kier molecular flexibility index (Phi) is 4.03. The van der Waals surface area contributed by atoms with E-state index >= 15 is 0 Å². The second-order valence-electron chi connectivity index (χ2n) is 4.09. The van der Waals surface area contributed by atoms with Crippen molar-refractivity contribution in [1.82, 2.24) is 15.3 Å². The smallest absolute Gasteiger partial charge is 0.232 e. The first kappa shape index (κ1) is 11.9. The molecule has 15 heavy (non-hydrogen) atoms. The normalized spacial score (nSPS) is 11.5. The monoisotopic (exact) mass is 209 g/mol. The van der Waals surface area contributed by atoms with Gasteiger partial charge in [-0.2, -0.15) is 0 Å². The molecule has 1 aromatic rings. The predicted octanol–water partition coefficient (Wildman–Crippen LogP) is 1.76. The molecule has 0 saturated heterocycles. The molecule has 1 rings (SSSR count). The number of aromatic nitrogens is 2.